The number of aliphatic hydroxyl groups excluding tert-OH is 1. The Bertz CT molecular complexity index is 487. The molecule has 2 N–H and O–H groups in total. The minimum absolute atomic E-state index is 0.150. The molecular formula is C12H19NO4S. The second-order valence-corrected chi connectivity index (χ2v) is 5.76. The Morgan fingerprint density at radius 1 is 1.33 bits per heavy atom. The summed E-state index contributed by atoms with van der Waals surface area (Å²) in [5.41, 5.74) is 2.08. The third-order valence-electron chi connectivity index (χ3n) is 2.67. The maximum atomic E-state index is 10.7. The van der Waals surface area contributed by atoms with Crippen LogP contribution < -0.4 is 4.90 Å². The Kier molecular flexibility index (Phi) is 5.13. The first-order valence-electron chi connectivity index (χ1n) is 5.75. The van der Waals surface area contributed by atoms with Gasteiger partial charge in [-0.2, -0.15) is 8.42 Å². The van der Waals surface area contributed by atoms with Gasteiger partial charge in [-0.05, 0) is 18.1 Å². The number of hydrogen-bond donors (Lipinski definition) is 2. The fourth-order valence-corrected chi connectivity index (χ4v) is 2.48. The molecule has 0 saturated carbocycles. The van der Waals surface area contributed by atoms with Crippen LogP contribution in [0.5, 0.6) is 0 Å². The van der Waals surface area contributed by atoms with Crippen LogP contribution in [0.1, 0.15) is 12.5 Å². The predicted octanol–water partition coefficient (Wildman–Crippen LogP) is 0.934. The molecule has 1 aromatic carbocycles. The molecule has 1 aromatic rings. The molecule has 0 aliphatic carbocycles. The van der Waals surface area contributed by atoms with Gasteiger partial charge in [0.25, 0.3) is 10.1 Å². The number of anilines is 1. The summed E-state index contributed by atoms with van der Waals surface area (Å²) in [7, 11) is -2.36. The maximum Gasteiger partial charge on any atom is 0.267 e. The van der Waals surface area contributed by atoms with Crippen LogP contribution in [0.2, 0.25) is 0 Å². The standard InChI is InChI=1S/C12H19NO4S/c1-3-10-6-4-5-7-12(10)13(2)8-11(14)9-18(15,16)17/h4-7,11,14H,3,8-9H2,1-2H3,(H,15,16,17). The van der Waals surface area contributed by atoms with Gasteiger partial charge in [-0.3, -0.25) is 4.55 Å². The van der Waals surface area contributed by atoms with E-state index in [0.717, 1.165) is 17.7 Å². The molecule has 0 radical (unpaired) electrons. The molecule has 6 heteroatoms. The topological polar surface area (TPSA) is 77.8 Å². The van der Waals surface area contributed by atoms with E-state index in [1.165, 1.54) is 0 Å². The van der Waals surface area contributed by atoms with Crippen LogP contribution in [0.25, 0.3) is 0 Å². The Hall–Kier alpha value is -1.11. The quantitative estimate of drug-likeness (QED) is 0.754. The highest BCUT2D eigenvalue weighted by Gasteiger charge is 2.17. The van der Waals surface area contributed by atoms with Gasteiger partial charge in [-0.1, -0.05) is 25.1 Å². The van der Waals surface area contributed by atoms with E-state index in [-0.39, 0.29) is 6.54 Å². The van der Waals surface area contributed by atoms with Gasteiger partial charge in [0.15, 0.2) is 0 Å². The lowest BCUT2D eigenvalue weighted by Crippen LogP contribution is -2.34. The first-order chi connectivity index (χ1) is 8.33. The van der Waals surface area contributed by atoms with E-state index in [1.54, 1.807) is 11.9 Å². The van der Waals surface area contributed by atoms with Gasteiger partial charge in [-0.15, -0.1) is 0 Å². The summed E-state index contributed by atoms with van der Waals surface area (Å²) < 4.78 is 30.0. The molecule has 0 fully saturated rings. The molecule has 0 aliphatic heterocycles. The number of rotatable bonds is 6. The number of hydrogen-bond acceptors (Lipinski definition) is 4. The summed E-state index contributed by atoms with van der Waals surface area (Å²) in [6, 6.07) is 7.73. The van der Waals surface area contributed by atoms with Gasteiger partial charge in [0, 0.05) is 19.3 Å². The molecule has 0 spiro atoms. The maximum absolute atomic E-state index is 10.7. The Balaban J connectivity index is 2.73. The van der Waals surface area contributed by atoms with Gasteiger partial charge in [0.1, 0.15) is 5.75 Å². The molecule has 0 aliphatic rings. The summed E-state index contributed by atoms with van der Waals surface area (Å²) in [5, 5.41) is 9.60. The molecule has 1 atom stereocenters. The van der Waals surface area contributed by atoms with Gasteiger partial charge < -0.3 is 10.0 Å². The summed E-state index contributed by atoms with van der Waals surface area (Å²) in [5.74, 6) is -0.647. The molecule has 0 saturated heterocycles. The minimum atomic E-state index is -4.14. The molecule has 18 heavy (non-hydrogen) atoms. The van der Waals surface area contributed by atoms with Crippen molar-refractivity contribution >= 4 is 15.8 Å². The lowest BCUT2D eigenvalue weighted by Gasteiger charge is -2.24. The van der Waals surface area contributed by atoms with E-state index < -0.39 is 22.0 Å². The lowest BCUT2D eigenvalue weighted by molar-refractivity contribution is 0.201. The fraction of sp³-hybridized carbons (Fsp3) is 0.500. The van der Waals surface area contributed by atoms with Crippen molar-refractivity contribution in [1.82, 2.24) is 0 Å². The molecule has 0 amide bonds. The molecule has 0 bridgehead atoms. The highest BCUT2D eigenvalue weighted by Crippen LogP contribution is 2.19. The Morgan fingerprint density at radius 3 is 2.50 bits per heavy atom. The zero-order valence-electron chi connectivity index (χ0n) is 10.6. The number of nitrogens with zero attached hydrogens (tertiary/aromatic N) is 1. The number of aliphatic hydroxyl groups is 1. The van der Waals surface area contributed by atoms with E-state index in [0.29, 0.717) is 0 Å². The molecule has 0 aromatic heterocycles. The second kappa shape index (κ2) is 6.17. The third kappa shape index (κ3) is 4.64. The van der Waals surface area contributed by atoms with E-state index in [4.69, 9.17) is 4.55 Å². The fourth-order valence-electron chi connectivity index (χ4n) is 1.89. The van der Waals surface area contributed by atoms with Crippen LogP contribution in [-0.2, 0) is 16.5 Å². The predicted molar refractivity (Wildman–Crippen MR) is 71.5 cm³/mol. The SMILES string of the molecule is CCc1ccccc1N(C)CC(O)CS(=O)(=O)O. The van der Waals surface area contributed by atoms with Crippen LogP contribution in [0, 0.1) is 0 Å². The third-order valence-corrected chi connectivity index (χ3v) is 3.48. The molecular weight excluding hydrogens is 254 g/mol. The van der Waals surface area contributed by atoms with Crippen LogP contribution in [0.4, 0.5) is 5.69 Å². The van der Waals surface area contributed by atoms with Crippen LogP contribution >= 0.6 is 0 Å². The molecule has 102 valence electrons. The summed E-state index contributed by atoms with van der Waals surface area (Å²) in [4.78, 5) is 1.79. The van der Waals surface area contributed by atoms with Crippen molar-refractivity contribution in [2.45, 2.75) is 19.4 Å². The monoisotopic (exact) mass is 273 g/mol. The van der Waals surface area contributed by atoms with Gasteiger partial charge in [0.05, 0.1) is 6.10 Å². The zero-order valence-corrected chi connectivity index (χ0v) is 11.4. The van der Waals surface area contributed by atoms with E-state index in [1.807, 2.05) is 31.2 Å². The van der Waals surface area contributed by atoms with Crippen molar-refractivity contribution in [2.24, 2.45) is 0 Å². The highest BCUT2D eigenvalue weighted by atomic mass is 32.2. The average Bonchev–Trinajstić information content (AvgIpc) is 2.26. The van der Waals surface area contributed by atoms with Crippen molar-refractivity contribution in [3.05, 3.63) is 29.8 Å². The van der Waals surface area contributed by atoms with Crippen molar-refractivity contribution < 1.29 is 18.1 Å². The average molecular weight is 273 g/mol. The molecule has 1 rings (SSSR count). The van der Waals surface area contributed by atoms with Crippen molar-refractivity contribution in [2.75, 3.05) is 24.2 Å². The number of benzene rings is 1. The smallest absolute Gasteiger partial charge is 0.267 e. The molecule has 5 nitrogen and oxygen atoms in total. The second-order valence-electron chi connectivity index (χ2n) is 4.27. The van der Waals surface area contributed by atoms with E-state index in [2.05, 4.69) is 0 Å². The number of likely N-dealkylation sites (N-methyl/N-ethyl adjacent to an activating group) is 1. The molecule has 1 unspecified atom stereocenters. The van der Waals surface area contributed by atoms with E-state index >= 15 is 0 Å². The Labute approximate surface area is 108 Å². The highest BCUT2D eigenvalue weighted by molar-refractivity contribution is 7.85. The van der Waals surface area contributed by atoms with Crippen molar-refractivity contribution in [3.8, 4) is 0 Å². The first kappa shape index (κ1) is 14.9. The normalized spacial score (nSPS) is 13.3. The summed E-state index contributed by atoms with van der Waals surface area (Å²) in [6.07, 6.45) is -0.260. The molecule has 0 heterocycles. The van der Waals surface area contributed by atoms with Crippen molar-refractivity contribution in [1.29, 1.82) is 0 Å². The van der Waals surface area contributed by atoms with Crippen LogP contribution in [0.15, 0.2) is 24.3 Å². The minimum Gasteiger partial charge on any atom is -0.390 e. The van der Waals surface area contributed by atoms with Gasteiger partial charge in [0.2, 0.25) is 0 Å². The van der Waals surface area contributed by atoms with Crippen LogP contribution in [0.3, 0.4) is 0 Å². The Morgan fingerprint density at radius 2 is 1.94 bits per heavy atom. The lowest BCUT2D eigenvalue weighted by atomic mass is 10.1. The summed E-state index contributed by atoms with van der Waals surface area (Å²) in [6.45, 7) is 2.18. The van der Waals surface area contributed by atoms with E-state index in [9.17, 15) is 13.5 Å². The number of aryl methyl sites for hydroxylation is 1. The summed E-state index contributed by atoms with van der Waals surface area (Å²) >= 11 is 0. The number of para-hydroxylation sites is 1. The van der Waals surface area contributed by atoms with Gasteiger partial charge in [-0.25, -0.2) is 0 Å². The largest absolute Gasteiger partial charge is 0.390 e. The van der Waals surface area contributed by atoms with Crippen LogP contribution in [-0.4, -0.2) is 43.5 Å². The first-order valence-corrected chi connectivity index (χ1v) is 7.36. The van der Waals surface area contributed by atoms with Gasteiger partial charge >= 0.3 is 0 Å². The van der Waals surface area contributed by atoms with Crippen molar-refractivity contribution in [3.63, 3.8) is 0 Å². The zero-order chi connectivity index (χ0) is 13.8.